The first kappa shape index (κ1) is 5.66. The zero-order chi connectivity index (χ0) is 11.9. The van der Waals surface area contributed by atoms with Crippen LogP contribution in [0.3, 0.4) is 0 Å². The molecular weight excluding hydrogens is 160 g/mol. The van der Waals surface area contributed by atoms with Gasteiger partial charge in [0.2, 0.25) is 0 Å². The molecule has 2 heteroatoms. The van der Waals surface area contributed by atoms with Crippen molar-refractivity contribution in [3.63, 3.8) is 0 Å². The minimum atomic E-state index is -2.03. The number of benzene rings is 1. The van der Waals surface area contributed by atoms with Gasteiger partial charge in [0, 0.05) is 10.7 Å². The molecule has 0 atom stereocenters. The molecule has 0 radical (unpaired) electrons. The van der Waals surface area contributed by atoms with Gasteiger partial charge in [-0.1, -0.05) is 17.7 Å². The predicted molar refractivity (Wildman–Crippen MR) is 55.8 cm³/mol. The zero-order valence-corrected chi connectivity index (χ0v) is 7.80. The Morgan fingerprint density at radius 2 is 2.38 bits per heavy atom. The van der Waals surface area contributed by atoms with Crippen LogP contribution in [0.4, 0.5) is 5.69 Å². The first-order valence-electron chi connectivity index (χ1n) is 6.06. The number of hydrazine groups is 1. The maximum Gasteiger partial charge on any atom is 0.0578 e. The first-order chi connectivity index (χ1) is 7.39. The third-order valence-corrected chi connectivity index (χ3v) is 2.51. The number of nitrogens with zero attached hydrogens (tertiary/aromatic N) is 1. The Hall–Kier alpha value is -1.02. The molecule has 0 aromatic heterocycles. The van der Waals surface area contributed by atoms with Crippen LogP contribution in [0.25, 0.3) is 0 Å². The fraction of sp³-hybridized carbons (Fsp3) is 0.455. The molecule has 0 unspecified atom stereocenters. The second-order valence-corrected chi connectivity index (χ2v) is 3.60. The van der Waals surface area contributed by atoms with E-state index in [4.69, 9.17) is 9.95 Å². The lowest BCUT2D eigenvalue weighted by molar-refractivity contribution is 0.710. The monoisotopic (exact) mass is 179 g/mol. The van der Waals surface area contributed by atoms with Crippen LogP contribution < -0.4 is 10.9 Å². The summed E-state index contributed by atoms with van der Waals surface area (Å²) in [4.78, 5) is 0. The Kier molecular flexibility index (Phi) is 1.32. The smallest absolute Gasteiger partial charge is 0.0578 e. The highest BCUT2D eigenvalue weighted by Gasteiger charge is 2.16. The molecule has 2 rings (SSSR count). The highest BCUT2D eigenvalue weighted by molar-refractivity contribution is 5.61. The van der Waals surface area contributed by atoms with Crippen molar-refractivity contribution >= 4 is 5.69 Å². The lowest BCUT2D eigenvalue weighted by Crippen LogP contribution is -2.36. The summed E-state index contributed by atoms with van der Waals surface area (Å²) < 4.78 is 22.3. The molecule has 0 saturated heterocycles. The van der Waals surface area contributed by atoms with Gasteiger partial charge in [-0.25, -0.2) is 5.84 Å². The van der Waals surface area contributed by atoms with Gasteiger partial charge in [-0.05, 0) is 37.7 Å². The molecule has 1 aromatic carbocycles. The third-order valence-electron chi connectivity index (χ3n) is 2.51. The Morgan fingerprint density at radius 1 is 1.54 bits per heavy atom. The average Bonchev–Trinajstić information content (AvgIpc) is 2.15. The topological polar surface area (TPSA) is 29.3 Å². The van der Waals surface area contributed by atoms with Crippen LogP contribution in [0.1, 0.15) is 27.2 Å². The summed E-state index contributed by atoms with van der Waals surface area (Å²) in [5.41, 5.74) is 3.42. The maximum atomic E-state index is 7.43. The molecule has 1 heterocycles. The van der Waals surface area contributed by atoms with Crippen molar-refractivity contribution in [1.82, 2.24) is 0 Å². The maximum absolute atomic E-state index is 7.43. The van der Waals surface area contributed by atoms with Crippen LogP contribution >= 0.6 is 0 Å². The summed E-state index contributed by atoms with van der Waals surface area (Å²) in [6.07, 6.45) is 1.89. The van der Waals surface area contributed by atoms with E-state index in [9.17, 15) is 0 Å². The summed E-state index contributed by atoms with van der Waals surface area (Å²) in [7, 11) is 0. The van der Waals surface area contributed by atoms with Crippen molar-refractivity contribution in [3.05, 3.63) is 28.8 Å². The van der Waals surface area contributed by atoms with E-state index < -0.39 is 6.85 Å². The van der Waals surface area contributed by atoms with Gasteiger partial charge in [0.25, 0.3) is 0 Å². The zero-order valence-electron chi connectivity index (χ0n) is 10.8. The molecule has 2 nitrogen and oxygen atoms in total. The quantitative estimate of drug-likeness (QED) is 0.617. The molecule has 1 aliphatic heterocycles. The Balaban J connectivity index is 2.54. The summed E-state index contributed by atoms with van der Waals surface area (Å²) in [5, 5.41) is 1.72. The number of nitrogens with two attached hydrogens (primary N) is 1. The largest absolute Gasteiger partial charge is 0.311 e. The first-order valence-corrected chi connectivity index (χ1v) is 4.56. The minimum absolute atomic E-state index is 0.416. The van der Waals surface area contributed by atoms with E-state index in [2.05, 4.69) is 0 Å². The molecule has 1 aromatic rings. The van der Waals surface area contributed by atoms with Gasteiger partial charge in [0.05, 0.1) is 5.69 Å². The van der Waals surface area contributed by atoms with Gasteiger partial charge in [0.15, 0.2) is 0 Å². The fourth-order valence-electron chi connectivity index (χ4n) is 2.01. The van der Waals surface area contributed by atoms with E-state index in [1.54, 1.807) is 17.1 Å². The number of fused-ring (bicyclic) bond motifs is 1. The Labute approximate surface area is 83.5 Å². The summed E-state index contributed by atoms with van der Waals surface area (Å²) in [5.74, 6) is 5.90. The summed E-state index contributed by atoms with van der Waals surface area (Å²) in [6, 6.07) is 3.49. The van der Waals surface area contributed by atoms with Crippen molar-refractivity contribution in [2.24, 2.45) is 5.84 Å². The standard InChI is InChI=1S/C11H16N2/c1-8-6-9(2)11-10(7-8)4-3-5-13(11)12/h6-7H,3-5,12H2,1-2H3/i1D3. The van der Waals surface area contributed by atoms with Crippen LogP contribution in [0, 0.1) is 13.8 Å². The van der Waals surface area contributed by atoms with E-state index in [1.807, 2.05) is 6.92 Å². The number of aryl methyl sites for hydroxylation is 3. The van der Waals surface area contributed by atoms with Crippen LogP contribution in [-0.2, 0) is 6.42 Å². The highest BCUT2D eigenvalue weighted by atomic mass is 15.4. The van der Waals surface area contributed by atoms with E-state index in [-0.39, 0.29) is 0 Å². The van der Waals surface area contributed by atoms with Crippen LogP contribution in [0.5, 0.6) is 0 Å². The molecular formula is C11H16N2. The van der Waals surface area contributed by atoms with Crippen molar-refractivity contribution in [3.8, 4) is 0 Å². The average molecular weight is 179 g/mol. The molecule has 0 bridgehead atoms. The Bertz CT molecular complexity index is 412. The minimum Gasteiger partial charge on any atom is -0.311 e. The predicted octanol–water partition coefficient (Wildman–Crippen LogP) is 1.93. The van der Waals surface area contributed by atoms with Crippen molar-refractivity contribution in [1.29, 1.82) is 0 Å². The van der Waals surface area contributed by atoms with Crippen LogP contribution in [0.2, 0.25) is 0 Å². The molecule has 0 aliphatic carbocycles. The van der Waals surface area contributed by atoms with Gasteiger partial charge in [-0.15, -0.1) is 0 Å². The van der Waals surface area contributed by atoms with Gasteiger partial charge in [-0.3, -0.25) is 0 Å². The molecule has 70 valence electrons. The third kappa shape index (κ3) is 1.42. The van der Waals surface area contributed by atoms with E-state index in [0.717, 1.165) is 36.2 Å². The SMILES string of the molecule is [2H]C([2H])([2H])c1cc(C)c2c(c1)CCCN2N. The van der Waals surface area contributed by atoms with E-state index in [1.165, 1.54) is 0 Å². The summed E-state index contributed by atoms with van der Waals surface area (Å²) >= 11 is 0. The number of rotatable bonds is 0. The van der Waals surface area contributed by atoms with Crippen LogP contribution in [-0.4, -0.2) is 6.54 Å². The highest BCUT2D eigenvalue weighted by Crippen LogP contribution is 2.29. The number of hydrogen-bond donors (Lipinski definition) is 1. The Morgan fingerprint density at radius 3 is 3.15 bits per heavy atom. The summed E-state index contributed by atoms with van der Waals surface area (Å²) in [6.45, 7) is 0.719. The molecule has 1 aliphatic rings. The molecule has 0 amide bonds. The normalized spacial score (nSPS) is 20.2. The van der Waals surface area contributed by atoms with Crippen molar-refractivity contribution in [2.45, 2.75) is 26.6 Å². The van der Waals surface area contributed by atoms with Gasteiger partial charge >= 0.3 is 0 Å². The lowest BCUT2D eigenvalue weighted by atomic mass is 9.97. The van der Waals surface area contributed by atoms with Gasteiger partial charge < -0.3 is 5.01 Å². The molecule has 13 heavy (non-hydrogen) atoms. The van der Waals surface area contributed by atoms with Crippen molar-refractivity contribution < 1.29 is 4.11 Å². The van der Waals surface area contributed by atoms with E-state index in [0.29, 0.717) is 5.56 Å². The number of anilines is 1. The number of hydrogen-bond acceptors (Lipinski definition) is 2. The second kappa shape index (κ2) is 3.04. The van der Waals surface area contributed by atoms with Gasteiger partial charge in [-0.2, -0.15) is 0 Å². The molecule has 0 fully saturated rings. The molecule has 0 spiro atoms. The van der Waals surface area contributed by atoms with Gasteiger partial charge in [0.1, 0.15) is 0 Å². The van der Waals surface area contributed by atoms with Crippen molar-refractivity contribution in [2.75, 3.05) is 11.6 Å². The molecule has 0 saturated carbocycles. The lowest BCUT2D eigenvalue weighted by Gasteiger charge is -2.28. The van der Waals surface area contributed by atoms with E-state index >= 15 is 0 Å². The molecule has 2 N–H and O–H groups in total. The second-order valence-electron chi connectivity index (χ2n) is 3.60. The van der Waals surface area contributed by atoms with Crippen LogP contribution in [0.15, 0.2) is 12.1 Å². The fourth-order valence-corrected chi connectivity index (χ4v) is 2.01.